The minimum atomic E-state index is -0.128. The highest BCUT2D eigenvalue weighted by Gasteiger charge is 2.13. The molecule has 22 heavy (non-hydrogen) atoms. The summed E-state index contributed by atoms with van der Waals surface area (Å²) in [4.78, 5) is 13.8. The van der Waals surface area contributed by atoms with Gasteiger partial charge >= 0.3 is 0 Å². The number of carbonyl (C=O) groups is 1. The standard InChI is InChI=1S/C16H21N3O3/c1-2-8-22-15-5-3-4-14(11-15)12-17-18-16(20)13-19-6-9-21-10-7-19/h2-5,11-12H,1,6-10,13H2,(H,18,20). The Balaban J connectivity index is 1.78. The summed E-state index contributed by atoms with van der Waals surface area (Å²) in [6.45, 7) is 7.30. The minimum Gasteiger partial charge on any atom is -0.490 e. The zero-order chi connectivity index (χ0) is 15.6. The molecule has 0 bridgehead atoms. The second-order valence-corrected chi connectivity index (χ2v) is 4.85. The van der Waals surface area contributed by atoms with Crippen LogP contribution in [0.5, 0.6) is 5.75 Å². The molecule has 0 atom stereocenters. The minimum absolute atomic E-state index is 0.128. The van der Waals surface area contributed by atoms with Gasteiger partial charge in [-0.1, -0.05) is 24.8 Å². The highest BCUT2D eigenvalue weighted by molar-refractivity contribution is 5.83. The van der Waals surface area contributed by atoms with Crippen LogP contribution < -0.4 is 10.2 Å². The third-order valence-corrected chi connectivity index (χ3v) is 3.10. The molecule has 1 saturated heterocycles. The van der Waals surface area contributed by atoms with Crippen molar-refractivity contribution in [1.29, 1.82) is 0 Å². The van der Waals surface area contributed by atoms with Gasteiger partial charge in [0.25, 0.3) is 5.91 Å². The van der Waals surface area contributed by atoms with Crippen LogP contribution in [0.3, 0.4) is 0 Å². The molecule has 6 heteroatoms. The molecule has 0 aromatic heterocycles. The Morgan fingerprint density at radius 3 is 3.05 bits per heavy atom. The van der Waals surface area contributed by atoms with Crippen molar-refractivity contribution in [3.63, 3.8) is 0 Å². The van der Waals surface area contributed by atoms with E-state index in [1.54, 1.807) is 12.3 Å². The van der Waals surface area contributed by atoms with Crippen LogP contribution in [-0.4, -0.2) is 56.5 Å². The van der Waals surface area contributed by atoms with E-state index in [0.29, 0.717) is 26.4 Å². The van der Waals surface area contributed by atoms with Crippen LogP contribution in [0.15, 0.2) is 42.0 Å². The molecule has 2 rings (SSSR count). The van der Waals surface area contributed by atoms with Crippen molar-refractivity contribution in [3.05, 3.63) is 42.5 Å². The summed E-state index contributed by atoms with van der Waals surface area (Å²) in [5, 5.41) is 3.97. The van der Waals surface area contributed by atoms with E-state index in [1.165, 1.54) is 0 Å². The largest absolute Gasteiger partial charge is 0.490 e. The van der Waals surface area contributed by atoms with E-state index < -0.39 is 0 Å². The van der Waals surface area contributed by atoms with E-state index in [4.69, 9.17) is 9.47 Å². The summed E-state index contributed by atoms with van der Waals surface area (Å²) < 4.78 is 10.7. The van der Waals surface area contributed by atoms with Gasteiger partial charge in [-0.3, -0.25) is 9.69 Å². The van der Waals surface area contributed by atoms with Gasteiger partial charge in [0.05, 0.1) is 26.0 Å². The molecule has 1 aliphatic rings. The number of rotatable bonds is 7. The molecular weight excluding hydrogens is 282 g/mol. The predicted molar refractivity (Wildman–Crippen MR) is 85.1 cm³/mol. The van der Waals surface area contributed by atoms with Crippen molar-refractivity contribution in [2.24, 2.45) is 5.10 Å². The Kier molecular flexibility index (Phi) is 6.60. The highest BCUT2D eigenvalue weighted by Crippen LogP contribution is 2.11. The van der Waals surface area contributed by atoms with Crippen molar-refractivity contribution < 1.29 is 14.3 Å². The van der Waals surface area contributed by atoms with Crippen LogP contribution in [0.25, 0.3) is 0 Å². The highest BCUT2D eigenvalue weighted by atomic mass is 16.5. The van der Waals surface area contributed by atoms with E-state index >= 15 is 0 Å². The molecule has 1 heterocycles. The number of amides is 1. The first-order chi connectivity index (χ1) is 10.8. The van der Waals surface area contributed by atoms with Crippen LogP contribution in [-0.2, 0) is 9.53 Å². The molecule has 1 aromatic carbocycles. The summed E-state index contributed by atoms with van der Waals surface area (Å²) in [5.41, 5.74) is 3.39. The van der Waals surface area contributed by atoms with Gasteiger partial charge in [0.15, 0.2) is 0 Å². The zero-order valence-electron chi connectivity index (χ0n) is 12.5. The van der Waals surface area contributed by atoms with E-state index in [9.17, 15) is 4.79 Å². The summed E-state index contributed by atoms with van der Waals surface area (Å²) in [6.07, 6.45) is 3.28. The normalized spacial score (nSPS) is 15.6. The fourth-order valence-corrected chi connectivity index (χ4v) is 2.02. The lowest BCUT2D eigenvalue weighted by Gasteiger charge is -2.25. The molecule has 1 aliphatic heterocycles. The molecule has 0 aliphatic carbocycles. The van der Waals surface area contributed by atoms with Gasteiger partial charge in [0.2, 0.25) is 0 Å². The third-order valence-electron chi connectivity index (χ3n) is 3.10. The first-order valence-electron chi connectivity index (χ1n) is 7.23. The van der Waals surface area contributed by atoms with Gasteiger partial charge in [0, 0.05) is 13.1 Å². The van der Waals surface area contributed by atoms with Gasteiger partial charge in [-0.25, -0.2) is 5.43 Å². The number of hydrazone groups is 1. The Morgan fingerprint density at radius 2 is 2.27 bits per heavy atom. The number of ether oxygens (including phenoxy) is 2. The number of benzene rings is 1. The van der Waals surface area contributed by atoms with Crippen LogP contribution >= 0.6 is 0 Å². The van der Waals surface area contributed by atoms with E-state index in [2.05, 4.69) is 17.1 Å². The second kappa shape index (κ2) is 8.96. The van der Waals surface area contributed by atoms with Gasteiger partial charge in [0.1, 0.15) is 12.4 Å². The third kappa shape index (κ3) is 5.67. The van der Waals surface area contributed by atoms with Crippen LogP contribution in [0.2, 0.25) is 0 Å². The monoisotopic (exact) mass is 303 g/mol. The summed E-state index contributed by atoms with van der Waals surface area (Å²) in [7, 11) is 0. The van der Waals surface area contributed by atoms with Crippen LogP contribution in [0, 0.1) is 0 Å². The van der Waals surface area contributed by atoms with Crippen molar-refractivity contribution in [2.45, 2.75) is 0 Å². The molecule has 1 amide bonds. The Hall–Kier alpha value is -2.18. The Labute approximate surface area is 130 Å². The predicted octanol–water partition coefficient (Wildman–Crippen LogP) is 1.03. The number of nitrogens with zero attached hydrogens (tertiary/aromatic N) is 2. The zero-order valence-corrected chi connectivity index (χ0v) is 12.5. The number of nitrogens with one attached hydrogen (secondary N) is 1. The quantitative estimate of drug-likeness (QED) is 0.464. The first-order valence-corrected chi connectivity index (χ1v) is 7.23. The van der Waals surface area contributed by atoms with Gasteiger partial charge in [-0.05, 0) is 17.7 Å². The lowest BCUT2D eigenvalue weighted by atomic mass is 10.2. The number of morpholine rings is 1. The molecule has 118 valence electrons. The number of hydrogen-bond donors (Lipinski definition) is 1. The Bertz CT molecular complexity index is 525. The maximum Gasteiger partial charge on any atom is 0.254 e. The molecule has 0 spiro atoms. The van der Waals surface area contributed by atoms with Crippen molar-refractivity contribution >= 4 is 12.1 Å². The summed E-state index contributed by atoms with van der Waals surface area (Å²) in [6, 6.07) is 7.46. The molecule has 1 N–H and O–H groups in total. The molecule has 0 saturated carbocycles. The maximum atomic E-state index is 11.8. The maximum absolute atomic E-state index is 11.8. The van der Waals surface area contributed by atoms with Crippen molar-refractivity contribution in [1.82, 2.24) is 10.3 Å². The smallest absolute Gasteiger partial charge is 0.254 e. The molecular formula is C16H21N3O3. The summed E-state index contributed by atoms with van der Waals surface area (Å²) >= 11 is 0. The first kappa shape index (κ1) is 16.2. The van der Waals surface area contributed by atoms with E-state index in [1.807, 2.05) is 29.2 Å². The molecule has 0 radical (unpaired) electrons. The molecule has 1 fully saturated rings. The topological polar surface area (TPSA) is 63.2 Å². The number of hydrogen-bond acceptors (Lipinski definition) is 5. The molecule has 0 unspecified atom stereocenters. The SMILES string of the molecule is C=CCOc1cccc(C=NNC(=O)CN2CCOCC2)c1. The molecule has 1 aromatic rings. The second-order valence-electron chi connectivity index (χ2n) is 4.85. The average Bonchev–Trinajstić information content (AvgIpc) is 2.54. The van der Waals surface area contributed by atoms with Crippen LogP contribution in [0.4, 0.5) is 0 Å². The Morgan fingerprint density at radius 1 is 1.45 bits per heavy atom. The van der Waals surface area contributed by atoms with Gasteiger partial charge in [-0.2, -0.15) is 5.10 Å². The lowest BCUT2D eigenvalue weighted by molar-refractivity contribution is -0.123. The van der Waals surface area contributed by atoms with E-state index in [-0.39, 0.29) is 5.91 Å². The van der Waals surface area contributed by atoms with Crippen molar-refractivity contribution in [2.75, 3.05) is 39.5 Å². The fraction of sp³-hybridized carbons (Fsp3) is 0.375. The number of carbonyl (C=O) groups excluding carboxylic acids is 1. The van der Waals surface area contributed by atoms with Gasteiger partial charge < -0.3 is 9.47 Å². The van der Waals surface area contributed by atoms with Crippen molar-refractivity contribution in [3.8, 4) is 5.75 Å². The lowest BCUT2D eigenvalue weighted by Crippen LogP contribution is -2.42. The average molecular weight is 303 g/mol. The van der Waals surface area contributed by atoms with Gasteiger partial charge in [-0.15, -0.1) is 0 Å². The van der Waals surface area contributed by atoms with E-state index in [0.717, 1.165) is 24.4 Å². The molecule has 6 nitrogen and oxygen atoms in total. The van der Waals surface area contributed by atoms with Crippen LogP contribution in [0.1, 0.15) is 5.56 Å². The summed E-state index contributed by atoms with van der Waals surface area (Å²) in [5.74, 6) is 0.612. The fourth-order valence-electron chi connectivity index (χ4n) is 2.02.